The molecule has 0 bridgehead atoms. The maximum Gasteiger partial charge on any atom is 0.144 e. The zero-order valence-corrected chi connectivity index (χ0v) is 13.0. The Bertz CT molecular complexity index is 497. The SMILES string of the molecule is CCN(Cc1c(F)ccc(Br)c1F)CC(C)/C(N)=N/O. The van der Waals surface area contributed by atoms with Crippen molar-refractivity contribution < 1.29 is 14.0 Å². The lowest BCUT2D eigenvalue weighted by atomic mass is 10.1. The first-order valence-corrected chi connectivity index (χ1v) is 7.02. The summed E-state index contributed by atoms with van der Waals surface area (Å²) in [4.78, 5) is 1.83. The molecule has 112 valence electrons. The minimum Gasteiger partial charge on any atom is -0.409 e. The second-order valence-corrected chi connectivity index (χ2v) is 5.43. The van der Waals surface area contributed by atoms with Gasteiger partial charge in [-0.2, -0.15) is 0 Å². The number of nitrogens with zero attached hydrogens (tertiary/aromatic N) is 2. The fourth-order valence-electron chi connectivity index (χ4n) is 1.82. The number of hydrogen-bond donors (Lipinski definition) is 2. The molecule has 3 N–H and O–H groups in total. The van der Waals surface area contributed by atoms with E-state index in [-0.39, 0.29) is 28.3 Å². The molecule has 0 aliphatic heterocycles. The number of nitrogens with two attached hydrogens (primary N) is 1. The number of halogens is 3. The van der Waals surface area contributed by atoms with Crippen molar-refractivity contribution in [3.05, 3.63) is 33.8 Å². The zero-order chi connectivity index (χ0) is 15.3. The molecule has 20 heavy (non-hydrogen) atoms. The molecule has 0 fully saturated rings. The molecular weight excluding hydrogens is 332 g/mol. The fraction of sp³-hybridized carbons (Fsp3) is 0.462. The highest BCUT2D eigenvalue weighted by atomic mass is 79.9. The van der Waals surface area contributed by atoms with Crippen molar-refractivity contribution in [2.75, 3.05) is 13.1 Å². The Labute approximate surface area is 125 Å². The second kappa shape index (κ2) is 7.54. The molecule has 0 saturated heterocycles. The maximum absolute atomic E-state index is 13.9. The van der Waals surface area contributed by atoms with E-state index in [0.29, 0.717) is 13.1 Å². The molecule has 0 saturated carbocycles. The van der Waals surface area contributed by atoms with Crippen molar-refractivity contribution in [2.24, 2.45) is 16.8 Å². The van der Waals surface area contributed by atoms with Gasteiger partial charge >= 0.3 is 0 Å². The Morgan fingerprint density at radius 1 is 1.50 bits per heavy atom. The van der Waals surface area contributed by atoms with E-state index >= 15 is 0 Å². The summed E-state index contributed by atoms with van der Waals surface area (Å²) >= 11 is 3.04. The Hall–Kier alpha value is -1.21. The van der Waals surface area contributed by atoms with Gasteiger partial charge in [0.15, 0.2) is 0 Å². The number of amidine groups is 1. The van der Waals surface area contributed by atoms with Gasteiger partial charge in [0, 0.05) is 24.6 Å². The molecule has 0 aromatic heterocycles. The second-order valence-electron chi connectivity index (χ2n) is 4.58. The first-order chi connectivity index (χ1) is 9.40. The molecule has 0 spiro atoms. The maximum atomic E-state index is 13.9. The molecule has 7 heteroatoms. The van der Waals surface area contributed by atoms with E-state index in [2.05, 4.69) is 21.1 Å². The van der Waals surface area contributed by atoms with Gasteiger partial charge in [-0.05, 0) is 34.6 Å². The highest BCUT2D eigenvalue weighted by Gasteiger charge is 2.18. The summed E-state index contributed by atoms with van der Waals surface area (Å²) in [5.41, 5.74) is 5.52. The van der Waals surface area contributed by atoms with Gasteiger partial charge in [0.05, 0.1) is 4.47 Å². The van der Waals surface area contributed by atoms with E-state index in [0.717, 1.165) is 0 Å². The van der Waals surface area contributed by atoms with Gasteiger partial charge in [-0.1, -0.05) is 19.0 Å². The van der Waals surface area contributed by atoms with Crippen LogP contribution in [0.5, 0.6) is 0 Å². The van der Waals surface area contributed by atoms with Crippen LogP contribution in [0.2, 0.25) is 0 Å². The van der Waals surface area contributed by atoms with Crippen molar-refractivity contribution >= 4 is 21.8 Å². The van der Waals surface area contributed by atoms with Crippen molar-refractivity contribution in [3.8, 4) is 0 Å². The number of oxime groups is 1. The molecule has 0 radical (unpaired) electrons. The molecule has 0 heterocycles. The molecule has 1 atom stereocenters. The normalized spacial score (nSPS) is 13.8. The summed E-state index contributed by atoms with van der Waals surface area (Å²) in [6.45, 7) is 4.82. The average Bonchev–Trinajstić information content (AvgIpc) is 2.45. The lowest BCUT2D eigenvalue weighted by Crippen LogP contribution is -2.35. The van der Waals surface area contributed by atoms with E-state index in [1.54, 1.807) is 6.92 Å². The van der Waals surface area contributed by atoms with Crippen LogP contribution in [0.1, 0.15) is 19.4 Å². The van der Waals surface area contributed by atoms with Crippen molar-refractivity contribution in [1.29, 1.82) is 0 Å². The van der Waals surface area contributed by atoms with Gasteiger partial charge in [0.2, 0.25) is 0 Å². The standard InChI is InChI=1S/C13H18BrF2N3O/c1-3-19(6-8(2)13(17)18-20)7-9-11(15)5-4-10(14)12(9)16/h4-5,8,20H,3,6-7H2,1-2H3,(H2,17,18). The molecule has 0 aliphatic rings. The van der Waals surface area contributed by atoms with Gasteiger partial charge in [-0.15, -0.1) is 0 Å². The number of rotatable bonds is 6. The van der Waals surface area contributed by atoms with Crippen LogP contribution in [0.15, 0.2) is 21.8 Å². The number of benzene rings is 1. The Morgan fingerprint density at radius 3 is 2.70 bits per heavy atom. The predicted octanol–water partition coefficient (Wildman–Crippen LogP) is 2.93. The van der Waals surface area contributed by atoms with E-state index < -0.39 is 11.6 Å². The summed E-state index contributed by atoms with van der Waals surface area (Å²) in [6, 6.07) is 2.56. The molecule has 0 aliphatic carbocycles. The van der Waals surface area contributed by atoms with Crippen molar-refractivity contribution in [1.82, 2.24) is 4.90 Å². The van der Waals surface area contributed by atoms with E-state index in [1.807, 2.05) is 11.8 Å². The van der Waals surface area contributed by atoms with E-state index in [1.165, 1.54) is 12.1 Å². The lowest BCUT2D eigenvalue weighted by molar-refractivity contribution is 0.250. The molecule has 0 amide bonds. The summed E-state index contributed by atoms with van der Waals surface area (Å²) in [5.74, 6) is -1.29. The Kier molecular flexibility index (Phi) is 6.35. The van der Waals surface area contributed by atoms with E-state index in [9.17, 15) is 8.78 Å². The van der Waals surface area contributed by atoms with Crippen molar-refractivity contribution in [3.63, 3.8) is 0 Å². The van der Waals surface area contributed by atoms with Crippen LogP contribution in [0.4, 0.5) is 8.78 Å². The van der Waals surface area contributed by atoms with Gasteiger partial charge < -0.3 is 10.9 Å². The minimum atomic E-state index is -0.597. The van der Waals surface area contributed by atoms with Crippen LogP contribution in [-0.4, -0.2) is 29.0 Å². The number of hydrogen-bond acceptors (Lipinski definition) is 3. The monoisotopic (exact) mass is 349 g/mol. The molecular formula is C13H18BrF2N3O. The van der Waals surface area contributed by atoms with E-state index in [4.69, 9.17) is 10.9 Å². The average molecular weight is 350 g/mol. The quantitative estimate of drug-likeness (QED) is 0.273. The summed E-state index contributed by atoms with van der Waals surface area (Å²) in [6.07, 6.45) is 0. The largest absolute Gasteiger partial charge is 0.409 e. The predicted molar refractivity (Wildman–Crippen MR) is 77.6 cm³/mol. The highest BCUT2D eigenvalue weighted by Crippen LogP contribution is 2.23. The van der Waals surface area contributed by atoms with Crippen LogP contribution in [0, 0.1) is 17.6 Å². The Balaban J connectivity index is 2.87. The topological polar surface area (TPSA) is 61.8 Å². The highest BCUT2D eigenvalue weighted by molar-refractivity contribution is 9.10. The minimum absolute atomic E-state index is 0.00735. The van der Waals surface area contributed by atoms with Crippen molar-refractivity contribution in [2.45, 2.75) is 20.4 Å². The van der Waals surface area contributed by atoms with Gasteiger partial charge in [0.25, 0.3) is 0 Å². The van der Waals surface area contributed by atoms with Crippen LogP contribution in [0.3, 0.4) is 0 Å². The van der Waals surface area contributed by atoms with Crippen LogP contribution < -0.4 is 5.73 Å². The van der Waals surface area contributed by atoms with Gasteiger partial charge in [-0.3, -0.25) is 4.90 Å². The summed E-state index contributed by atoms with van der Waals surface area (Å²) in [5, 5.41) is 11.6. The summed E-state index contributed by atoms with van der Waals surface area (Å²) in [7, 11) is 0. The first-order valence-electron chi connectivity index (χ1n) is 6.22. The fourth-order valence-corrected chi connectivity index (χ4v) is 2.19. The van der Waals surface area contributed by atoms with Crippen LogP contribution >= 0.6 is 15.9 Å². The molecule has 1 unspecified atom stereocenters. The molecule has 1 aromatic carbocycles. The molecule has 1 aromatic rings. The van der Waals surface area contributed by atoms with Gasteiger partial charge in [-0.25, -0.2) is 8.78 Å². The zero-order valence-electron chi connectivity index (χ0n) is 11.4. The lowest BCUT2D eigenvalue weighted by Gasteiger charge is -2.24. The van der Waals surface area contributed by atoms with Crippen LogP contribution in [-0.2, 0) is 6.54 Å². The Morgan fingerprint density at radius 2 is 2.15 bits per heavy atom. The van der Waals surface area contributed by atoms with Gasteiger partial charge in [0.1, 0.15) is 17.5 Å². The molecule has 1 rings (SSSR count). The smallest absolute Gasteiger partial charge is 0.144 e. The third-order valence-electron chi connectivity index (χ3n) is 3.12. The summed E-state index contributed by atoms with van der Waals surface area (Å²) < 4.78 is 27.9. The van der Waals surface area contributed by atoms with Crippen LogP contribution in [0.25, 0.3) is 0 Å². The first kappa shape index (κ1) is 16.8. The molecule has 4 nitrogen and oxygen atoms in total. The third kappa shape index (κ3) is 4.14. The third-order valence-corrected chi connectivity index (χ3v) is 3.73.